The second-order valence-electron chi connectivity index (χ2n) is 5.29. The van der Waals surface area contributed by atoms with Gasteiger partial charge in [0.25, 0.3) is 5.91 Å². The number of nitrogens with one attached hydrogen (secondary N) is 1. The van der Waals surface area contributed by atoms with Crippen LogP contribution in [0.25, 0.3) is 0 Å². The van der Waals surface area contributed by atoms with Gasteiger partial charge in [-0.2, -0.15) is 0 Å². The zero-order valence-corrected chi connectivity index (χ0v) is 13.4. The van der Waals surface area contributed by atoms with Crippen LogP contribution in [0.3, 0.4) is 0 Å². The van der Waals surface area contributed by atoms with Gasteiger partial charge < -0.3 is 15.0 Å². The summed E-state index contributed by atoms with van der Waals surface area (Å²) in [5, 5.41) is 3.56. The topological polar surface area (TPSA) is 54.5 Å². The highest BCUT2D eigenvalue weighted by Crippen LogP contribution is 2.13. The molecule has 1 fully saturated rings. The van der Waals surface area contributed by atoms with Crippen LogP contribution in [0.1, 0.15) is 16.1 Å². The van der Waals surface area contributed by atoms with Gasteiger partial charge in [-0.15, -0.1) is 0 Å². The summed E-state index contributed by atoms with van der Waals surface area (Å²) in [4.78, 5) is 18.9. The number of hydrogen-bond acceptors (Lipinski definition) is 4. The molecular weight excluding hydrogens is 314 g/mol. The summed E-state index contributed by atoms with van der Waals surface area (Å²) in [6, 6.07) is 12.9. The molecule has 1 aromatic heterocycles. The number of carbonyl (C=O) groups is 1. The number of aromatic nitrogens is 1. The molecule has 1 saturated heterocycles. The largest absolute Gasteiger partial charge is 0.378 e. The lowest BCUT2D eigenvalue weighted by Gasteiger charge is -2.27. The van der Waals surface area contributed by atoms with Crippen LogP contribution in [0.15, 0.2) is 42.5 Å². The molecule has 23 heavy (non-hydrogen) atoms. The first-order valence-electron chi connectivity index (χ1n) is 7.55. The number of rotatable bonds is 4. The molecule has 1 N–H and O–H groups in total. The SMILES string of the molecule is O=C(NCc1ccc(Cl)cc1)c1cccc(N2CCOCC2)n1. The van der Waals surface area contributed by atoms with Crippen LogP contribution >= 0.6 is 11.6 Å². The van der Waals surface area contributed by atoms with Gasteiger partial charge in [0.2, 0.25) is 0 Å². The number of carbonyl (C=O) groups excluding carboxylic acids is 1. The maximum absolute atomic E-state index is 12.3. The first-order chi connectivity index (χ1) is 11.2. The fourth-order valence-corrected chi connectivity index (χ4v) is 2.52. The van der Waals surface area contributed by atoms with Crippen LogP contribution in [0, 0.1) is 0 Å². The van der Waals surface area contributed by atoms with Gasteiger partial charge in [-0.25, -0.2) is 4.98 Å². The molecule has 2 aromatic rings. The molecule has 120 valence electrons. The monoisotopic (exact) mass is 331 g/mol. The van der Waals surface area contributed by atoms with Gasteiger partial charge in [0.1, 0.15) is 11.5 Å². The number of benzene rings is 1. The zero-order chi connectivity index (χ0) is 16.1. The first-order valence-corrected chi connectivity index (χ1v) is 7.92. The number of hydrogen-bond donors (Lipinski definition) is 1. The van der Waals surface area contributed by atoms with E-state index in [1.165, 1.54) is 0 Å². The van der Waals surface area contributed by atoms with E-state index in [9.17, 15) is 4.79 Å². The number of amides is 1. The van der Waals surface area contributed by atoms with E-state index in [4.69, 9.17) is 16.3 Å². The quantitative estimate of drug-likeness (QED) is 0.935. The van der Waals surface area contributed by atoms with E-state index in [1.807, 2.05) is 24.3 Å². The van der Waals surface area contributed by atoms with E-state index in [0.717, 1.165) is 24.5 Å². The van der Waals surface area contributed by atoms with Crippen LogP contribution < -0.4 is 10.2 Å². The van der Waals surface area contributed by atoms with Crippen LogP contribution in [-0.2, 0) is 11.3 Å². The van der Waals surface area contributed by atoms with Crippen molar-refractivity contribution in [1.29, 1.82) is 0 Å². The summed E-state index contributed by atoms with van der Waals surface area (Å²) in [5.41, 5.74) is 1.41. The first kappa shape index (κ1) is 15.8. The third-order valence-corrected chi connectivity index (χ3v) is 3.92. The van der Waals surface area contributed by atoms with Gasteiger partial charge in [-0.05, 0) is 29.8 Å². The molecule has 1 aromatic carbocycles. The highest BCUT2D eigenvalue weighted by molar-refractivity contribution is 6.30. The highest BCUT2D eigenvalue weighted by Gasteiger charge is 2.14. The Balaban J connectivity index is 1.63. The van der Waals surface area contributed by atoms with Gasteiger partial charge in [0.05, 0.1) is 13.2 Å². The summed E-state index contributed by atoms with van der Waals surface area (Å²) in [5.74, 6) is 0.627. The second-order valence-corrected chi connectivity index (χ2v) is 5.73. The Morgan fingerprint density at radius 1 is 1.17 bits per heavy atom. The Labute approximate surface area is 140 Å². The van der Waals surface area contributed by atoms with E-state index in [1.54, 1.807) is 18.2 Å². The van der Waals surface area contributed by atoms with Gasteiger partial charge in [0, 0.05) is 24.7 Å². The van der Waals surface area contributed by atoms with Crippen molar-refractivity contribution < 1.29 is 9.53 Å². The lowest BCUT2D eigenvalue weighted by Crippen LogP contribution is -2.37. The highest BCUT2D eigenvalue weighted by atomic mass is 35.5. The van der Waals surface area contributed by atoms with E-state index in [-0.39, 0.29) is 5.91 Å². The summed E-state index contributed by atoms with van der Waals surface area (Å²) in [7, 11) is 0. The Kier molecular flexibility index (Phi) is 5.10. The predicted molar refractivity (Wildman–Crippen MR) is 89.9 cm³/mol. The number of pyridine rings is 1. The number of morpholine rings is 1. The molecular formula is C17H18ClN3O2. The number of halogens is 1. The molecule has 1 amide bonds. The van der Waals surface area contributed by atoms with Crippen molar-refractivity contribution in [3.63, 3.8) is 0 Å². The fourth-order valence-electron chi connectivity index (χ4n) is 2.39. The van der Waals surface area contributed by atoms with Gasteiger partial charge >= 0.3 is 0 Å². The molecule has 0 unspecified atom stereocenters. The van der Waals surface area contributed by atoms with E-state index < -0.39 is 0 Å². The number of nitrogens with zero attached hydrogens (tertiary/aromatic N) is 2. The van der Waals surface area contributed by atoms with Crippen molar-refractivity contribution in [2.24, 2.45) is 0 Å². The van der Waals surface area contributed by atoms with Gasteiger partial charge in [-0.1, -0.05) is 29.8 Å². The van der Waals surface area contributed by atoms with Crippen LogP contribution in [0.4, 0.5) is 5.82 Å². The minimum atomic E-state index is -0.185. The van der Waals surface area contributed by atoms with E-state index in [2.05, 4.69) is 15.2 Å². The molecule has 0 aliphatic carbocycles. The second kappa shape index (κ2) is 7.44. The lowest BCUT2D eigenvalue weighted by atomic mass is 10.2. The molecule has 1 aliphatic heterocycles. The maximum atomic E-state index is 12.3. The van der Waals surface area contributed by atoms with Crippen molar-refractivity contribution in [2.75, 3.05) is 31.2 Å². The fraction of sp³-hybridized carbons (Fsp3) is 0.294. The predicted octanol–water partition coefficient (Wildman–Crippen LogP) is 2.50. The summed E-state index contributed by atoms with van der Waals surface area (Å²) in [6.07, 6.45) is 0. The normalized spacial score (nSPS) is 14.6. The molecule has 3 rings (SSSR count). The van der Waals surface area contributed by atoms with Crippen LogP contribution in [0.2, 0.25) is 5.02 Å². The van der Waals surface area contributed by atoms with Gasteiger partial charge in [-0.3, -0.25) is 4.79 Å². The minimum absolute atomic E-state index is 0.185. The van der Waals surface area contributed by atoms with Gasteiger partial charge in [0.15, 0.2) is 0 Å². The lowest BCUT2D eigenvalue weighted by molar-refractivity contribution is 0.0946. The minimum Gasteiger partial charge on any atom is -0.378 e. The molecule has 1 aliphatic rings. The van der Waals surface area contributed by atoms with E-state index in [0.29, 0.717) is 30.5 Å². The zero-order valence-electron chi connectivity index (χ0n) is 12.7. The summed E-state index contributed by atoms with van der Waals surface area (Å²) in [6.45, 7) is 3.41. The van der Waals surface area contributed by atoms with Crippen LogP contribution in [0.5, 0.6) is 0 Å². The van der Waals surface area contributed by atoms with Crippen molar-refractivity contribution in [2.45, 2.75) is 6.54 Å². The Morgan fingerprint density at radius 3 is 2.65 bits per heavy atom. The molecule has 0 bridgehead atoms. The smallest absolute Gasteiger partial charge is 0.270 e. The molecule has 0 saturated carbocycles. The van der Waals surface area contributed by atoms with E-state index >= 15 is 0 Å². The molecule has 2 heterocycles. The molecule has 0 radical (unpaired) electrons. The Hall–Kier alpha value is -2.11. The van der Waals surface area contributed by atoms with Crippen molar-refractivity contribution >= 4 is 23.3 Å². The standard InChI is InChI=1S/C17H18ClN3O2/c18-14-6-4-13(5-7-14)12-19-17(22)15-2-1-3-16(20-15)21-8-10-23-11-9-21/h1-7H,8-12H2,(H,19,22). The van der Waals surface area contributed by atoms with Crippen molar-refractivity contribution in [3.8, 4) is 0 Å². The average Bonchev–Trinajstić information content (AvgIpc) is 2.62. The van der Waals surface area contributed by atoms with Crippen molar-refractivity contribution in [3.05, 3.63) is 58.7 Å². The third kappa shape index (κ3) is 4.21. The van der Waals surface area contributed by atoms with Crippen molar-refractivity contribution in [1.82, 2.24) is 10.3 Å². The number of anilines is 1. The third-order valence-electron chi connectivity index (χ3n) is 3.67. The summed E-state index contributed by atoms with van der Waals surface area (Å²) >= 11 is 5.85. The molecule has 0 spiro atoms. The Bertz CT molecular complexity index is 670. The molecule has 5 nitrogen and oxygen atoms in total. The van der Waals surface area contributed by atoms with Crippen LogP contribution in [-0.4, -0.2) is 37.2 Å². The summed E-state index contributed by atoms with van der Waals surface area (Å²) < 4.78 is 5.34. The molecule has 0 atom stereocenters. The Morgan fingerprint density at radius 2 is 1.91 bits per heavy atom. The number of ether oxygens (including phenoxy) is 1. The molecule has 6 heteroatoms. The average molecular weight is 332 g/mol. The maximum Gasteiger partial charge on any atom is 0.270 e.